The normalized spacial score (nSPS) is 20.5. The van der Waals surface area contributed by atoms with Crippen LogP contribution in [0.4, 0.5) is 0 Å². The Labute approximate surface area is 140 Å². The second kappa shape index (κ2) is 7.23. The largest absolute Gasteiger partial charge is 0.349 e. The number of thiophene rings is 1. The number of rotatable bonds is 5. The Morgan fingerprint density at radius 1 is 1.39 bits per heavy atom. The zero-order valence-corrected chi connectivity index (χ0v) is 14.1. The van der Waals surface area contributed by atoms with Crippen molar-refractivity contribution >= 4 is 28.9 Å². The predicted octanol–water partition coefficient (Wildman–Crippen LogP) is 1.61. The summed E-state index contributed by atoms with van der Waals surface area (Å²) in [4.78, 5) is 27.5. The lowest BCUT2D eigenvalue weighted by Gasteiger charge is -2.27. The van der Waals surface area contributed by atoms with E-state index >= 15 is 0 Å². The monoisotopic (exact) mass is 334 g/mol. The Morgan fingerprint density at radius 2 is 2.17 bits per heavy atom. The highest BCUT2D eigenvalue weighted by Crippen LogP contribution is 2.27. The van der Waals surface area contributed by atoms with Gasteiger partial charge in [0.2, 0.25) is 5.91 Å². The molecule has 0 aliphatic carbocycles. The topological polar surface area (TPSA) is 65.0 Å². The summed E-state index contributed by atoms with van der Waals surface area (Å²) in [6, 6.07) is 4.41. The van der Waals surface area contributed by atoms with E-state index in [9.17, 15) is 9.59 Å². The molecule has 23 heavy (non-hydrogen) atoms. The fraction of sp³-hybridized carbons (Fsp3) is 0.562. The SMILES string of the molecule is CN1N=C(C(=O)NC[C@@H](c2cccs2)N2CCCC2)CCC1=O. The molecule has 1 fully saturated rings. The Bertz CT molecular complexity index is 593. The molecule has 1 aromatic rings. The molecule has 3 rings (SSSR count). The van der Waals surface area contributed by atoms with Crippen molar-refractivity contribution in [1.29, 1.82) is 0 Å². The first-order valence-corrected chi connectivity index (χ1v) is 8.93. The average molecular weight is 334 g/mol. The number of nitrogens with zero attached hydrogens (tertiary/aromatic N) is 3. The fourth-order valence-electron chi connectivity index (χ4n) is 3.07. The highest BCUT2D eigenvalue weighted by atomic mass is 32.1. The molecule has 2 aliphatic heterocycles. The Balaban J connectivity index is 1.63. The number of nitrogens with one attached hydrogen (secondary N) is 1. The van der Waals surface area contributed by atoms with Gasteiger partial charge in [-0.15, -0.1) is 11.3 Å². The molecule has 2 aliphatic rings. The molecule has 0 saturated carbocycles. The predicted molar refractivity (Wildman–Crippen MR) is 90.3 cm³/mol. The molecule has 6 nitrogen and oxygen atoms in total. The molecule has 1 N–H and O–H groups in total. The van der Waals surface area contributed by atoms with Crippen molar-refractivity contribution in [2.75, 3.05) is 26.7 Å². The molecule has 1 aromatic heterocycles. The van der Waals surface area contributed by atoms with Gasteiger partial charge in [-0.2, -0.15) is 5.10 Å². The quantitative estimate of drug-likeness (QED) is 0.890. The van der Waals surface area contributed by atoms with Crippen molar-refractivity contribution in [3.05, 3.63) is 22.4 Å². The van der Waals surface area contributed by atoms with E-state index in [4.69, 9.17) is 0 Å². The van der Waals surface area contributed by atoms with Crippen LogP contribution in [0.1, 0.15) is 36.6 Å². The molecular formula is C16H22N4O2S. The molecule has 0 radical (unpaired) electrons. The van der Waals surface area contributed by atoms with Crippen LogP contribution >= 0.6 is 11.3 Å². The minimum absolute atomic E-state index is 0.0462. The van der Waals surface area contributed by atoms with Gasteiger partial charge in [-0.1, -0.05) is 6.07 Å². The first-order valence-electron chi connectivity index (χ1n) is 8.05. The fourth-order valence-corrected chi connectivity index (χ4v) is 3.93. The van der Waals surface area contributed by atoms with Gasteiger partial charge in [0.1, 0.15) is 5.71 Å². The van der Waals surface area contributed by atoms with Gasteiger partial charge in [0, 0.05) is 31.3 Å². The maximum absolute atomic E-state index is 12.3. The molecule has 1 saturated heterocycles. The summed E-state index contributed by atoms with van der Waals surface area (Å²) in [7, 11) is 1.59. The number of carbonyl (C=O) groups is 2. The van der Waals surface area contributed by atoms with Crippen LogP contribution in [0.25, 0.3) is 0 Å². The summed E-state index contributed by atoms with van der Waals surface area (Å²) in [6.45, 7) is 2.74. The van der Waals surface area contributed by atoms with E-state index in [0.29, 0.717) is 25.1 Å². The van der Waals surface area contributed by atoms with Gasteiger partial charge in [-0.05, 0) is 37.4 Å². The number of hydrogen-bond acceptors (Lipinski definition) is 5. The van der Waals surface area contributed by atoms with Crippen molar-refractivity contribution in [2.24, 2.45) is 5.10 Å². The number of hydrazone groups is 1. The Kier molecular flexibility index (Phi) is 5.07. The molecule has 2 amide bonds. The molecule has 0 aromatic carbocycles. The summed E-state index contributed by atoms with van der Waals surface area (Å²) in [5.41, 5.74) is 0.443. The minimum Gasteiger partial charge on any atom is -0.349 e. The van der Waals surface area contributed by atoms with Crippen LogP contribution in [-0.4, -0.2) is 54.1 Å². The van der Waals surface area contributed by atoms with Gasteiger partial charge in [0.05, 0.1) is 6.04 Å². The first kappa shape index (κ1) is 16.1. The third-order valence-corrected chi connectivity index (χ3v) is 5.35. The van der Waals surface area contributed by atoms with Gasteiger partial charge >= 0.3 is 0 Å². The van der Waals surface area contributed by atoms with E-state index in [1.54, 1.807) is 18.4 Å². The zero-order chi connectivity index (χ0) is 16.2. The summed E-state index contributed by atoms with van der Waals surface area (Å²) >= 11 is 1.73. The van der Waals surface area contributed by atoms with Crippen molar-refractivity contribution in [3.8, 4) is 0 Å². The number of hydrogen-bond donors (Lipinski definition) is 1. The van der Waals surface area contributed by atoms with Crippen LogP contribution in [0.2, 0.25) is 0 Å². The molecule has 0 unspecified atom stereocenters. The van der Waals surface area contributed by atoms with Crippen molar-refractivity contribution < 1.29 is 9.59 Å². The standard InChI is InChI=1S/C16H22N4O2S/c1-19-15(21)7-6-12(18-19)16(22)17-11-13(14-5-4-10-23-14)20-8-2-3-9-20/h4-5,10,13H,2-3,6-9,11H2,1H3,(H,17,22)/t13-/m0/s1. The lowest BCUT2D eigenvalue weighted by molar-refractivity contribution is -0.130. The van der Waals surface area contributed by atoms with Gasteiger partial charge < -0.3 is 5.32 Å². The third kappa shape index (κ3) is 3.79. The van der Waals surface area contributed by atoms with Crippen LogP contribution in [-0.2, 0) is 9.59 Å². The summed E-state index contributed by atoms with van der Waals surface area (Å²) < 4.78 is 0. The smallest absolute Gasteiger partial charge is 0.267 e. The maximum atomic E-state index is 12.3. The lowest BCUT2D eigenvalue weighted by Crippen LogP contribution is -2.41. The summed E-state index contributed by atoms with van der Waals surface area (Å²) in [6.07, 6.45) is 3.20. The highest BCUT2D eigenvalue weighted by molar-refractivity contribution is 7.10. The molecule has 0 bridgehead atoms. The molecule has 124 valence electrons. The second-order valence-corrected chi connectivity index (χ2v) is 6.93. The van der Waals surface area contributed by atoms with Crippen LogP contribution in [0.3, 0.4) is 0 Å². The van der Waals surface area contributed by atoms with E-state index in [0.717, 1.165) is 13.1 Å². The number of amides is 2. The number of carbonyl (C=O) groups excluding carboxylic acids is 2. The number of likely N-dealkylation sites (tertiary alicyclic amines) is 1. The summed E-state index contributed by atoms with van der Waals surface area (Å²) in [5, 5.41) is 10.4. The zero-order valence-electron chi connectivity index (χ0n) is 13.3. The molecule has 7 heteroatoms. The molecule has 3 heterocycles. The van der Waals surface area contributed by atoms with E-state index < -0.39 is 0 Å². The molecule has 0 spiro atoms. The molecule has 1 atom stereocenters. The maximum Gasteiger partial charge on any atom is 0.267 e. The van der Waals surface area contributed by atoms with Crippen molar-refractivity contribution in [2.45, 2.75) is 31.7 Å². The van der Waals surface area contributed by atoms with Crippen LogP contribution in [0.15, 0.2) is 22.6 Å². The van der Waals surface area contributed by atoms with Gasteiger partial charge in [0.15, 0.2) is 0 Å². The van der Waals surface area contributed by atoms with Gasteiger partial charge in [-0.3, -0.25) is 14.5 Å². The minimum atomic E-state index is -0.162. The van der Waals surface area contributed by atoms with E-state index in [1.807, 2.05) is 0 Å². The Morgan fingerprint density at radius 3 is 2.83 bits per heavy atom. The van der Waals surface area contributed by atoms with Gasteiger partial charge in [0.25, 0.3) is 5.91 Å². The molecular weight excluding hydrogens is 312 g/mol. The summed E-state index contributed by atoms with van der Waals surface area (Å²) in [5.74, 6) is -0.208. The van der Waals surface area contributed by atoms with Crippen LogP contribution in [0.5, 0.6) is 0 Å². The van der Waals surface area contributed by atoms with E-state index in [1.165, 1.54) is 22.7 Å². The van der Waals surface area contributed by atoms with Gasteiger partial charge in [-0.25, -0.2) is 5.01 Å². The second-order valence-electron chi connectivity index (χ2n) is 5.95. The van der Waals surface area contributed by atoms with Crippen LogP contribution < -0.4 is 5.32 Å². The highest BCUT2D eigenvalue weighted by Gasteiger charge is 2.26. The Hall–Kier alpha value is -1.73. The van der Waals surface area contributed by atoms with E-state index in [-0.39, 0.29) is 17.9 Å². The lowest BCUT2D eigenvalue weighted by atomic mass is 10.1. The van der Waals surface area contributed by atoms with E-state index in [2.05, 4.69) is 32.8 Å². The van der Waals surface area contributed by atoms with Crippen molar-refractivity contribution in [1.82, 2.24) is 15.2 Å². The third-order valence-electron chi connectivity index (χ3n) is 4.38. The van der Waals surface area contributed by atoms with Crippen LogP contribution in [0, 0.1) is 0 Å². The van der Waals surface area contributed by atoms with Crippen molar-refractivity contribution in [3.63, 3.8) is 0 Å². The first-order chi connectivity index (χ1) is 11.1. The average Bonchev–Trinajstić information content (AvgIpc) is 3.24.